The van der Waals surface area contributed by atoms with Crippen LogP contribution < -0.4 is 4.74 Å². The van der Waals surface area contributed by atoms with E-state index in [1.54, 1.807) is 12.1 Å². The molecule has 0 aliphatic rings. The summed E-state index contributed by atoms with van der Waals surface area (Å²) in [4.78, 5) is 0. The summed E-state index contributed by atoms with van der Waals surface area (Å²) in [5, 5.41) is 0. The first-order chi connectivity index (χ1) is 6.49. The van der Waals surface area contributed by atoms with E-state index in [2.05, 4.69) is 19.7 Å². The van der Waals surface area contributed by atoms with Gasteiger partial charge in [-0.15, -0.1) is 12.1 Å². The van der Waals surface area contributed by atoms with Crippen LogP contribution in [0, 0.1) is 11.9 Å². The Labute approximate surface area is 101 Å². The van der Waals surface area contributed by atoms with Crippen molar-refractivity contribution < 1.29 is 25.5 Å². The Morgan fingerprint density at radius 2 is 2.00 bits per heavy atom. The molecule has 0 heterocycles. The fourth-order valence-corrected chi connectivity index (χ4v) is 0.785. The molecule has 0 aromatic heterocycles. The molecule has 0 aliphatic carbocycles. The molecular formula is C10H12BrFOZn. The Kier molecular flexibility index (Phi) is 6.55. The molecule has 1 aromatic carbocycles. The van der Waals surface area contributed by atoms with E-state index in [-0.39, 0.29) is 17.2 Å². The summed E-state index contributed by atoms with van der Waals surface area (Å²) >= 11 is 4.25. The Morgan fingerprint density at radius 3 is 2.43 bits per heavy atom. The van der Waals surface area contributed by atoms with Gasteiger partial charge in [-0.3, -0.25) is 4.39 Å². The van der Waals surface area contributed by atoms with Crippen molar-refractivity contribution in [2.75, 3.05) is 0 Å². The van der Waals surface area contributed by atoms with Gasteiger partial charge in [0.05, 0.1) is 5.60 Å². The van der Waals surface area contributed by atoms with Gasteiger partial charge in [-0.05, 0) is 20.8 Å². The van der Waals surface area contributed by atoms with Gasteiger partial charge in [-0.25, -0.2) is 0 Å². The minimum absolute atomic E-state index is 0.185. The van der Waals surface area contributed by atoms with Crippen LogP contribution in [0.25, 0.3) is 0 Å². The molecule has 0 bridgehead atoms. The average molecular weight is 312 g/mol. The third-order valence-electron chi connectivity index (χ3n) is 1.18. The van der Waals surface area contributed by atoms with Gasteiger partial charge in [0.1, 0.15) is 0 Å². The van der Waals surface area contributed by atoms with E-state index in [1.165, 1.54) is 22.4 Å². The molecule has 0 N–H and O–H groups in total. The van der Waals surface area contributed by atoms with E-state index < -0.39 is 0 Å². The monoisotopic (exact) mass is 310 g/mol. The SMILES string of the molecule is CC(C)(C)Oc1[c-]cccc1F.[Zn+][Br]. The van der Waals surface area contributed by atoms with Crippen molar-refractivity contribution >= 4 is 13.6 Å². The standard InChI is InChI=1S/C10H12FO.BrH.Zn/c1-10(2,3)12-9-7-5-4-6-8(9)11;;/h4-6H,1-3H3;1H;/q-1;;+2/p-1. The first-order valence-corrected chi connectivity index (χ1v) is 11.1. The second-order valence-corrected chi connectivity index (χ2v) is 3.56. The van der Waals surface area contributed by atoms with E-state index in [9.17, 15) is 4.39 Å². The van der Waals surface area contributed by atoms with Gasteiger partial charge in [-0.2, -0.15) is 12.1 Å². The molecule has 0 atom stereocenters. The Bertz CT molecular complexity index is 273. The zero-order valence-electron chi connectivity index (χ0n) is 8.60. The molecule has 0 saturated carbocycles. The Balaban J connectivity index is 0.000000791. The molecular weight excluding hydrogens is 300 g/mol. The van der Waals surface area contributed by atoms with Crippen LogP contribution in [0.2, 0.25) is 0 Å². The fraction of sp³-hybridized carbons (Fsp3) is 0.400. The van der Waals surface area contributed by atoms with E-state index >= 15 is 0 Å². The normalized spacial score (nSPS) is 10.2. The maximum absolute atomic E-state index is 13.0. The summed E-state index contributed by atoms with van der Waals surface area (Å²) in [5.41, 5.74) is -0.376. The molecule has 1 aromatic rings. The van der Waals surface area contributed by atoms with Crippen LogP contribution in [-0.2, 0) is 16.3 Å². The first-order valence-electron chi connectivity index (χ1n) is 4.11. The second-order valence-electron chi connectivity index (χ2n) is 3.56. The van der Waals surface area contributed by atoms with Crippen molar-refractivity contribution in [2.45, 2.75) is 26.4 Å². The number of para-hydroxylation sites is 1. The van der Waals surface area contributed by atoms with Crippen LogP contribution in [0.1, 0.15) is 20.8 Å². The zero-order chi connectivity index (χ0) is 11.2. The number of hydrogen-bond donors (Lipinski definition) is 0. The molecule has 0 saturated heterocycles. The molecule has 1 nitrogen and oxygen atoms in total. The summed E-state index contributed by atoms with van der Waals surface area (Å²) in [7, 11) is 0. The Morgan fingerprint density at radius 1 is 1.43 bits per heavy atom. The molecule has 0 radical (unpaired) electrons. The number of hydrogen-bond acceptors (Lipinski definition) is 1. The maximum atomic E-state index is 13.0. The van der Waals surface area contributed by atoms with E-state index in [0.717, 1.165) is 0 Å². The van der Waals surface area contributed by atoms with Crippen molar-refractivity contribution in [1.82, 2.24) is 0 Å². The summed E-state index contributed by atoms with van der Waals surface area (Å²) in [6.45, 7) is 5.60. The van der Waals surface area contributed by atoms with Gasteiger partial charge in [0.15, 0.2) is 0 Å². The predicted octanol–water partition coefficient (Wildman–Crippen LogP) is 3.65. The second kappa shape index (κ2) is 6.52. The number of halogens is 2. The van der Waals surface area contributed by atoms with Gasteiger partial charge in [-0.1, -0.05) is 0 Å². The summed E-state index contributed by atoms with van der Waals surface area (Å²) in [6, 6.07) is 7.27. The molecule has 14 heavy (non-hydrogen) atoms. The van der Waals surface area contributed by atoms with Crippen LogP contribution in [-0.4, -0.2) is 5.60 Å². The number of benzene rings is 1. The van der Waals surface area contributed by atoms with Crippen LogP contribution in [0.4, 0.5) is 4.39 Å². The average Bonchev–Trinajstić information content (AvgIpc) is 2.10. The van der Waals surface area contributed by atoms with Gasteiger partial charge in [0, 0.05) is 11.6 Å². The van der Waals surface area contributed by atoms with E-state index in [0.29, 0.717) is 0 Å². The Hall–Kier alpha value is 0.0534. The molecule has 0 spiro atoms. The van der Waals surface area contributed by atoms with Crippen molar-refractivity contribution in [1.29, 1.82) is 0 Å². The predicted molar refractivity (Wildman–Crippen MR) is 54.5 cm³/mol. The van der Waals surface area contributed by atoms with Gasteiger partial charge in [0.2, 0.25) is 0 Å². The molecule has 74 valence electrons. The van der Waals surface area contributed by atoms with E-state index in [1.807, 2.05) is 20.8 Å². The molecule has 1 rings (SSSR count). The van der Waals surface area contributed by atoms with Crippen molar-refractivity contribution in [2.24, 2.45) is 0 Å². The third-order valence-corrected chi connectivity index (χ3v) is 1.18. The van der Waals surface area contributed by atoms with Crippen molar-refractivity contribution in [3.63, 3.8) is 0 Å². The van der Waals surface area contributed by atoms with E-state index in [4.69, 9.17) is 4.74 Å². The zero-order valence-corrected chi connectivity index (χ0v) is 13.2. The summed E-state index contributed by atoms with van der Waals surface area (Å²) < 4.78 is 18.3. The van der Waals surface area contributed by atoms with Gasteiger partial charge < -0.3 is 4.74 Å². The molecule has 0 fully saturated rings. The summed E-state index contributed by atoms with van der Waals surface area (Å²) in [6.07, 6.45) is 0. The number of rotatable bonds is 1. The van der Waals surface area contributed by atoms with Crippen molar-refractivity contribution in [3.8, 4) is 5.75 Å². The summed E-state index contributed by atoms with van der Waals surface area (Å²) in [5.74, 6) is -0.183. The fourth-order valence-electron chi connectivity index (χ4n) is 0.785. The van der Waals surface area contributed by atoms with Gasteiger partial charge >= 0.3 is 30.0 Å². The molecule has 0 unspecified atom stereocenters. The van der Waals surface area contributed by atoms with Crippen LogP contribution in [0.5, 0.6) is 5.75 Å². The topological polar surface area (TPSA) is 9.23 Å². The van der Waals surface area contributed by atoms with Crippen LogP contribution >= 0.6 is 13.6 Å². The molecule has 0 aliphatic heterocycles. The molecule has 0 amide bonds. The minimum atomic E-state index is -0.376. The van der Waals surface area contributed by atoms with Crippen LogP contribution in [0.3, 0.4) is 0 Å². The van der Waals surface area contributed by atoms with Gasteiger partial charge in [0.25, 0.3) is 0 Å². The van der Waals surface area contributed by atoms with Crippen LogP contribution in [0.15, 0.2) is 18.2 Å². The third kappa shape index (κ3) is 5.71. The molecule has 4 heteroatoms. The first kappa shape index (κ1) is 14.1. The quantitative estimate of drug-likeness (QED) is 0.568. The number of ether oxygens (including phenoxy) is 1. The van der Waals surface area contributed by atoms with Crippen molar-refractivity contribution in [3.05, 3.63) is 30.1 Å².